The van der Waals surface area contributed by atoms with Gasteiger partial charge in [-0.15, -0.1) is 0 Å². The molecule has 2 aromatic carbocycles. The zero-order valence-electron chi connectivity index (χ0n) is 20.7. The Morgan fingerprint density at radius 1 is 1.03 bits per heavy atom. The third-order valence-electron chi connectivity index (χ3n) is 6.85. The Hall–Kier alpha value is -3.35. The van der Waals surface area contributed by atoms with E-state index >= 15 is 0 Å². The smallest absolute Gasteiger partial charge is 0.231 e. The Balaban J connectivity index is 1.38. The average molecular weight is 502 g/mol. The molecule has 36 heavy (non-hydrogen) atoms. The van der Waals surface area contributed by atoms with Crippen molar-refractivity contribution in [3.05, 3.63) is 83.6 Å². The van der Waals surface area contributed by atoms with Gasteiger partial charge in [-0.2, -0.15) is 0 Å². The Bertz CT molecular complexity index is 1310. The van der Waals surface area contributed by atoms with E-state index in [1.165, 1.54) is 5.69 Å². The number of anilines is 1. The maximum Gasteiger partial charge on any atom is 0.231 e. The molecule has 0 saturated carbocycles. The highest BCUT2D eigenvalue weighted by atomic mass is 35.5. The SMILES string of the molecule is CC(C)NC[C@@H](C(=O)N1CCN(c2c(-c3ccccc3)cnc3[nH]ccc23)CC1)c1ccc(Cl)cc1. The van der Waals surface area contributed by atoms with Crippen LogP contribution in [0.25, 0.3) is 22.2 Å². The number of H-pyrrole nitrogens is 1. The van der Waals surface area contributed by atoms with Gasteiger partial charge < -0.3 is 20.1 Å². The summed E-state index contributed by atoms with van der Waals surface area (Å²) in [6.07, 6.45) is 3.89. The summed E-state index contributed by atoms with van der Waals surface area (Å²) in [5.41, 5.74) is 5.31. The van der Waals surface area contributed by atoms with Crippen molar-refractivity contribution in [3.63, 3.8) is 0 Å². The lowest BCUT2D eigenvalue weighted by Gasteiger charge is -2.38. The van der Waals surface area contributed by atoms with Crippen LogP contribution >= 0.6 is 11.6 Å². The van der Waals surface area contributed by atoms with Crippen LogP contribution in [0, 0.1) is 0 Å². The van der Waals surface area contributed by atoms with Crippen LogP contribution in [0.5, 0.6) is 0 Å². The number of amides is 1. The molecule has 0 spiro atoms. The molecule has 6 nitrogen and oxygen atoms in total. The second-order valence-corrected chi connectivity index (χ2v) is 10.0. The van der Waals surface area contributed by atoms with Crippen LogP contribution in [0.15, 0.2) is 73.1 Å². The summed E-state index contributed by atoms with van der Waals surface area (Å²) in [6, 6.07) is 20.4. The number of aromatic amines is 1. The van der Waals surface area contributed by atoms with Gasteiger partial charge in [-0.25, -0.2) is 4.98 Å². The first-order valence-electron chi connectivity index (χ1n) is 12.6. The summed E-state index contributed by atoms with van der Waals surface area (Å²) < 4.78 is 0. The van der Waals surface area contributed by atoms with Crippen LogP contribution in [0.3, 0.4) is 0 Å². The van der Waals surface area contributed by atoms with Gasteiger partial charge in [-0.3, -0.25) is 4.79 Å². The number of carbonyl (C=O) groups excluding carboxylic acids is 1. The molecule has 186 valence electrons. The first kappa shape index (κ1) is 24.3. The molecule has 7 heteroatoms. The lowest BCUT2D eigenvalue weighted by Crippen LogP contribution is -2.51. The molecule has 2 N–H and O–H groups in total. The Kier molecular flexibility index (Phi) is 7.25. The van der Waals surface area contributed by atoms with E-state index in [-0.39, 0.29) is 11.8 Å². The minimum absolute atomic E-state index is 0.162. The van der Waals surface area contributed by atoms with Gasteiger partial charge >= 0.3 is 0 Å². The maximum absolute atomic E-state index is 13.7. The molecule has 1 fully saturated rings. The van der Waals surface area contributed by atoms with E-state index in [4.69, 9.17) is 11.6 Å². The number of pyridine rings is 1. The van der Waals surface area contributed by atoms with Crippen molar-refractivity contribution < 1.29 is 4.79 Å². The minimum Gasteiger partial charge on any atom is -0.367 e. The van der Waals surface area contributed by atoms with Crippen molar-refractivity contribution in [1.82, 2.24) is 20.2 Å². The van der Waals surface area contributed by atoms with Gasteiger partial charge in [0.05, 0.1) is 11.6 Å². The highest BCUT2D eigenvalue weighted by molar-refractivity contribution is 6.30. The molecule has 5 rings (SSSR count). The average Bonchev–Trinajstić information content (AvgIpc) is 3.38. The Morgan fingerprint density at radius 3 is 2.44 bits per heavy atom. The molecular formula is C29H32ClN5O. The van der Waals surface area contributed by atoms with Gasteiger partial charge in [-0.1, -0.05) is 67.9 Å². The van der Waals surface area contributed by atoms with E-state index in [1.807, 2.05) is 47.6 Å². The number of aromatic nitrogens is 2. The second-order valence-electron chi connectivity index (χ2n) is 9.61. The fourth-order valence-electron chi connectivity index (χ4n) is 4.93. The molecule has 2 aromatic heterocycles. The fraction of sp³-hybridized carbons (Fsp3) is 0.310. The number of rotatable bonds is 7. The quantitative estimate of drug-likeness (QED) is 0.360. The molecule has 1 aliphatic rings. The summed E-state index contributed by atoms with van der Waals surface area (Å²) in [6.45, 7) is 7.68. The van der Waals surface area contributed by atoms with E-state index in [1.54, 1.807) is 0 Å². The van der Waals surface area contributed by atoms with Crippen molar-refractivity contribution in [1.29, 1.82) is 0 Å². The predicted molar refractivity (Wildman–Crippen MR) is 148 cm³/mol. The highest BCUT2D eigenvalue weighted by Crippen LogP contribution is 2.37. The van der Waals surface area contributed by atoms with Crippen molar-refractivity contribution in [3.8, 4) is 11.1 Å². The second kappa shape index (κ2) is 10.7. The molecule has 3 heterocycles. The Morgan fingerprint density at radius 2 is 1.75 bits per heavy atom. The van der Waals surface area contributed by atoms with Crippen molar-refractivity contribution in [2.24, 2.45) is 0 Å². The van der Waals surface area contributed by atoms with E-state index in [0.29, 0.717) is 30.7 Å². The van der Waals surface area contributed by atoms with E-state index in [0.717, 1.165) is 40.8 Å². The number of hydrogen-bond donors (Lipinski definition) is 2. The number of halogens is 1. The monoisotopic (exact) mass is 501 g/mol. The fourth-order valence-corrected chi connectivity index (χ4v) is 5.06. The van der Waals surface area contributed by atoms with Gasteiger partial charge in [0.25, 0.3) is 0 Å². The lowest BCUT2D eigenvalue weighted by molar-refractivity contribution is -0.133. The zero-order valence-corrected chi connectivity index (χ0v) is 21.5. The van der Waals surface area contributed by atoms with Crippen LogP contribution in [0.1, 0.15) is 25.3 Å². The minimum atomic E-state index is -0.242. The maximum atomic E-state index is 13.7. The molecular weight excluding hydrogens is 470 g/mol. The summed E-state index contributed by atoms with van der Waals surface area (Å²) in [4.78, 5) is 26.0. The van der Waals surface area contributed by atoms with Crippen LogP contribution in [-0.2, 0) is 4.79 Å². The van der Waals surface area contributed by atoms with Gasteiger partial charge in [0.1, 0.15) is 5.65 Å². The van der Waals surface area contributed by atoms with E-state index in [9.17, 15) is 4.79 Å². The highest BCUT2D eigenvalue weighted by Gasteiger charge is 2.30. The van der Waals surface area contributed by atoms with Crippen LogP contribution in [0.4, 0.5) is 5.69 Å². The predicted octanol–water partition coefficient (Wildman–Crippen LogP) is 5.31. The summed E-state index contributed by atoms with van der Waals surface area (Å²) >= 11 is 6.11. The normalized spacial score (nSPS) is 15.0. The molecule has 0 aliphatic carbocycles. The number of carbonyl (C=O) groups is 1. The van der Waals surface area contributed by atoms with E-state index < -0.39 is 0 Å². The largest absolute Gasteiger partial charge is 0.367 e. The van der Waals surface area contributed by atoms with Gasteiger partial charge in [0, 0.05) is 67.1 Å². The molecule has 0 bridgehead atoms. The first-order valence-corrected chi connectivity index (χ1v) is 12.9. The number of nitrogens with one attached hydrogen (secondary N) is 2. The topological polar surface area (TPSA) is 64.3 Å². The number of hydrogen-bond acceptors (Lipinski definition) is 4. The van der Waals surface area contributed by atoms with Crippen LogP contribution < -0.4 is 10.2 Å². The zero-order chi connectivity index (χ0) is 25.1. The summed E-state index contributed by atoms with van der Waals surface area (Å²) in [7, 11) is 0. The van der Waals surface area contributed by atoms with Gasteiger partial charge in [0.15, 0.2) is 0 Å². The molecule has 4 aromatic rings. The van der Waals surface area contributed by atoms with Crippen LogP contribution in [0.2, 0.25) is 5.02 Å². The van der Waals surface area contributed by atoms with E-state index in [2.05, 4.69) is 64.4 Å². The van der Waals surface area contributed by atoms with Gasteiger partial charge in [0.2, 0.25) is 5.91 Å². The number of piperazine rings is 1. The van der Waals surface area contributed by atoms with Crippen LogP contribution in [-0.4, -0.2) is 59.5 Å². The first-order chi connectivity index (χ1) is 17.5. The number of fused-ring (bicyclic) bond motifs is 1. The van der Waals surface area contributed by atoms with Crippen molar-refractivity contribution >= 4 is 34.2 Å². The van der Waals surface area contributed by atoms with Crippen molar-refractivity contribution in [2.75, 3.05) is 37.6 Å². The molecule has 1 atom stereocenters. The third-order valence-corrected chi connectivity index (χ3v) is 7.10. The standard InChI is InChI=1S/C29H32ClN5O/c1-20(2)32-19-26(22-8-10-23(30)11-9-22)29(36)35-16-14-34(15-17-35)27-24-12-13-31-28(24)33-18-25(27)21-6-4-3-5-7-21/h3-13,18,20,26,32H,14-17,19H2,1-2H3,(H,31,33)/t26-/m1/s1. The lowest BCUT2D eigenvalue weighted by atomic mass is 9.96. The molecule has 0 radical (unpaired) electrons. The Labute approximate surface area is 217 Å². The molecule has 0 unspecified atom stereocenters. The van der Waals surface area contributed by atoms with Crippen molar-refractivity contribution in [2.45, 2.75) is 25.8 Å². The third kappa shape index (κ3) is 5.11. The van der Waals surface area contributed by atoms with Gasteiger partial charge in [-0.05, 0) is 29.3 Å². The number of nitrogens with zero attached hydrogens (tertiary/aromatic N) is 3. The number of benzene rings is 2. The summed E-state index contributed by atoms with van der Waals surface area (Å²) in [5, 5.41) is 5.24. The molecule has 1 aliphatic heterocycles. The molecule has 1 amide bonds. The molecule has 1 saturated heterocycles. The summed E-state index contributed by atoms with van der Waals surface area (Å²) in [5.74, 6) is -0.0803.